The Bertz CT molecular complexity index is 625. The van der Waals surface area contributed by atoms with Crippen LogP contribution in [0.25, 0.3) is 11.6 Å². The van der Waals surface area contributed by atoms with E-state index in [4.69, 9.17) is 4.42 Å². The summed E-state index contributed by atoms with van der Waals surface area (Å²) >= 11 is 0. The first kappa shape index (κ1) is 11.3. The van der Waals surface area contributed by atoms with Crippen LogP contribution >= 0.6 is 0 Å². The molecule has 0 saturated heterocycles. The molecule has 2 aromatic rings. The van der Waals surface area contributed by atoms with E-state index in [2.05, 4.69) is 9.97 Å². The second kappa shape index (κ2) is 4.44. The second-order valence-electron chi connectivity index (χ2n) is 4.83. The zero-order valence-corrected chi connectivity index (χ0v) is 10.5. The van der Waals surface area contributed by atoms with Crippen LogP contribution < -0.4 is 5.56 Å². The normalized spacial score (nSPS) is 15.2. The number of aromatic nitrogens is 2. The standard InChI is InChI=1S/C14H16N2O2/c1-9-7-8-18-12(9)13-15-11-6-4-2-3-5-10(11)14(17)16-13/h7-8H,2-6H2,1H3,(H,15,16,17). The average Bonchev–Trinajstić information content (AvgIpc) is 2.63. The molecular formula is C14H16N2O2. The van der Waals surface area contributed by atoms with Crippen molar-refractivity contribution in [1.29, 1.82) is 0 Å². The first-order valence-corrected chi connectivity index (χ1v) is 6.42. The summed E-state index contributed by atoms with van der Waals surface area (Å²) in [5.74, 6) is 1.22. The van der Waals surface area contributed by atoms with Crippen LogP contribution in [0, 0.1) is 6.92 Å². The number of hydrogen-bond acceptors (Lipinski definition) is 3. The minimum Gasteiger partial charge on any atom is -0.461 e. The Morgan fingerprint density at radius 1 is 1.28 bits per heavy atom. The lowest BCUT2D eigenvalue weighted by atomic mass is 10.1. The molecule has 0 saturated carbocycles. The Morgan fingerprint density at radius 3 is 2.89 bits per heavy atom. The van der Waals surface area contributed by atoms with Gasteiger partial charge in [0, 0.05) is 5.56 Å². The largest absolute Gasteiger partial charge is 0.461 e. The van der Waals surface area contributed by atoms with Crippen molar-refractivity contribution in [2.24, 2.45) is 0 Å². The highest BCUT2D eigenvalue weighted by molar-refractivity contribution is 5.52. The lowest BCUT2D eigenvalue weighted by molar-refractivity contribution is 0.574. The van der Waals surface area contributed by atoms with Gasteiger partial charge in [0.15, 0.2) is 11.6 Å². The van der Waals surface area contributed by atoms with E-state index < -0.39 is 0 Å². The molecule has 0 fully saturated rings. The van der Waals surface area contributed by atoms with Gasteiger partial charge in [-0.3, -0.25) is 4.79 Å². The number of rotatable bonds is 1. The number of furan rings is 1. The number of nitrogens with one attached hydrogen (secondary N) is 1. The van der Waals surface area contributed by atoms with Gasteiger partial charge in [0.1, 0.15) is 0 Å². The van der Waals surface area contributed by atoms with Crippen molar-refractivity contribution in [3.05, 3.63) is 39.5 Å². The fourth-order valence-electron chi connectivity index (χ4n) is 2.50. The maximum atomic E-state index is 12.1. The molecule has 18 heavy (non-hydrogen) atoms. The molecule has 0 radical (unpaired) electrons. The summed E-state index contributed by atoms with van der Waals surface area (Å²) in [6.45, 7) is 1.95. The molecule has 4 nitrogen and oxygen atoms in total. The lowest BCUT2D eigenvalue weighted by Gasteiger charge is -2.06. The van der Waals surface area contributed by atoms with Gasteiger partial charge in [-0.25, -0.2) is 4.98 Å². The van der Waals surface area contributed by atoms with Crippen LogP contribution in [-0.4, -0.2) is 9.97 Å². The topological polar surface area (TPSA) is 58.9 Å². The summed E-state index contributed by atoms with van der Waals surface area (Å²) in [7, 11) is 0. The van der Waals surface area contributed by atoms with Gasteiger partial charge < -0.3 is 9.40 Å². The van der Waals surface area contributed by atoms with Gasteiger partial charge in [-0.15, -0.1) is 0 Å². The zero-order valence-electron chi connectivity index (χ0n) is 10.5. The van der Waals surface area contributed by atoms with Crippen molar-refractivity contribution in [3.8, 4) is 11.6 Å². The maximum absolute atomic E-state index is 12.1. The molecule has 0 amide bonds. The Balaban J connectivity index is 2.14. The van der Waals surface area contributed by atoms with E-state index in [1.807, 2.05) is 13.0 Å². The molecule has 94 valence electrons. The Kier molecular flexibility index (Phi) is 2.78. The van der Waals surface area contributed by atoms with E-state index in [0.717, 1.165) is 42.5 Å². The third-order valence-electron chi connectivity index (χ3n) is 3.52. The molecule has 0 spiro atoms. The van der Waals surface area contributed by atoms with Crippen molar-refractivity contribution in [2.75, 3.05) is 0 Å². The van der Waals surface area contributed by atoms with Crippen molar-refractivity contribution in [2.45, 2.75) is 39.0 Å². The molecular weight excluding hydrogens is 228 g/mol. The van der Waals surface area contributed by atoms with Gasteiger partial charge in [-0.2, -0.15) is 0 Å². The van der Waals surface area contributed by atoms with Crippen LogP contribution in [0.2, 0.25) is 0 Å². The SMILES string of the molecule is Cc1ccoc1-c1nc2c(c(=O)[nH]1)CCCCC2. The van der Waals surface area contributed by atoms with Crippen molar-refractivity contribution in [1.82, 2.24) is 9.97 Å². The Hall–Kier alpha value is -1.84. The van der Waals surface area contributed by atoms with Gasteiger partial charge in [0.05, 0.1) is 12.0 Å². The minimum atomic E-state index is -0.00676. The fourth-order valence-corrected chi connectivity index (χ4v) is 2.50. The molecule has 2 aromatic heterocycles. The molecule has 1 aliphatic carbocycles. The summed E-state index contributed by atoms with van der Waals surface area (Å²) in [5.41, 5.74) is 2.79. The summed E-state index contributed by atoms with van der Waals surface area (Å²) in [6, 6.07) is 1.88. The predicted molar refractivity (Wildman–Crippen MR) is 68.6 cm³/mol. The number of H-pyrrole nitrogens is 1. The zero-order chi connectivity index (χ0) is 12.5. The molecule has 4 heteroatoms. The van der Waals surface area contributed by atoms with Gasteiger partial charge in [0.2, 0.25) is 0 Å². The van der Waals surface area contributed by atoms with Crippen molar-refractivity contribution >= 4 is 0 Å². The number of nitrogens with zero attached hydrogens (tertiary/aromatic N) is 1. The van der Waals surface area contributed by atoms with E-state index >= 15 is 0 Å². The van der Waals surface area contributed by atoms with Gasteiger partial charge >= 0.3 is 0 Å². The maximum Gasteiger partial charge on any atom is 0.254 e. The quantitative estimate of drug-likeness (QED) is 0.784. The molecule has 3 rings (SSSR count). The first-order valence-electron chi connectivity index (χ1n) is 6.42. The summed E-state index contributed by atoms with van der Waals surface area (Å²) in [4.78, 5) is 19.5. The number of aryl methyl sites for hydroxylation is 2. The van der Waals surface area contributed by atoms with Crippen molar-refractivity contribution in [3.63, 3.8) is 0 Å². The smallest absolute Gasteiger partial charge is 0.254 e. The summed E-state index contributed by atoms with van der Waals surface area (Å²) in [5, 5.41) is 0. The second-order valence-corrected chi connectivity index (χ2v) is 4.83. The van der Waals surface area contributed by atoms with Crippen LogP contribution in [0.3, 0.4) is 0 Å². The molecule has 2 heterocycles. The average molecular weight is 244 g/mol. The Morgan fingerprint density at radius 2 is 2.11 bits per heavy atom. The van der Waals surface area contributed by atoms with E-state index in [-0.39, 0.29) is 5.56 Å². The third kappa shape index (κ3) is 1.88. The molecule has 0 unspecified atom stereocenters. The first-order chi connectivity index (χ1) is 8.75. The van der Waals surface area contributed by atoms with Crippen LogP contribution in [0.5, 0.6) is 0 Å². The highest BCUT2D eigenvalue weighted by atomic mass is 16.3. The monoisotopic (exact) mass is 244 g/mol. The molecule has 1 N–H and O–H groups in total. The van der Waals surface area contributed by atoms with E-state index in [1.165, 1.54) is 6.42 Å². The molecule has 1 aliphatic rings. The highest BCUT2D eigenvalue weighted by Crippen LogP contribution is 2.22. The lowest BCUT2D eigenvalue weighted by Crippen LogP contribution is -2.18. The van der Waals surface area contributed by atoms with Crippen molar-refractivity contribution < 1.29 is 4.42 Å². The van der Waals surface area contributed by atoms with E-state index in [1.54, 1.807) is 6.26 Å². The molecule has 0 aromatic carbocycles. The predicted octanol–water partition coefficient (Wildman–Crippen LogP) is 2.61. The van der Waals surface area contributed by atoms with Gasteiger partial charge in [-0.1, -0.05) is 6.42 Å². The van der Waals surface area contributed by atoms with Gasteiger partial charge in [-0.05, 0) is 44.2 Å². The number of hydrogen-bond donors (Lipinski definition) is 1. The van der Waals surface area contributed by atoms with Crippen LogP contribution in [0.1, 0.15) is 36.1 Å². The van der Waals surface area contributed by atoms with Crippen LogP contribution in [-0.2, 0) is 12.8 Å². The highest BCUT2D eigenvalue weighted by Gasteiger charge is 2.16. The fraction of sp³-hybridized carbons (Fsp3) is 0.429. The van der Waals surface area contributed by atoms with Crippen LogP contribution in [0.4, 0.5) is 0 Å². The van der Waals surface area contributed by atoms with E-state index in [9.17, 15) is 4.79 Å². The number of fused-ring (bicyclic) bond motifs is 1. The number of aromatic amines is 1. The third-order valence-corrected chi connectivity index (χ3v) is 3.52. The molecule has 0 atom stereocenters. The summed E-state index contributed by atoms with van der Waals surface area (Å²) in [6.07, 6.45) is 6.72. The van der Waals surface area contributed by atoms with Gasteiger partial charge in [0.25, 0.3) is 5.56 Å². The van der Waals surface area contributed by atoms with E-state index in [0.29, 0.717) is 11.6 Å². The Labute approximate surface area is 105 Å². The summed E-state index contributed by atoms with van der Waals surface area (Å²) < 4.78 is 5.39. The van der Waals surface area contributed by atoms with Crippen LogP contribution in [0.15, 0.2) is 21.5 Å². The molecule has 0 aliphatic heterocycles. The molecule has 0 bridgehead atoms. The minimum absolute atomic E-state index is 0.00676.